The van der Waals surface area contributed by atoms with Crippen molar-refractivity contribution >= 4 is 12.6 Å². The molecule has 0 aromatic carbocycles. The van der Waals surface area contributed by atoms with Crippen LogP contribution in [0.3, 0.4) is 0 Å². The molecule has 1 N–H and O–H groups in total. The van der Waals surface area contributed by atoms with Crippen LogP contribution in [0.2, 0.25) is 0 Å². The van der Waals surface area contributed by atoms with Crippen molar-refractivity contribution in [2.75, 3.05) is 0 Å². The topological polar surface area (TPSA) is 28.7 Å². The van der Waals surface area contributed by atoms with Crippen LogP contribution in [0.1, 0.15) is 11.4 Å². The zero-order valence-corrected chi connectivity index (χ0v) is 5.57. The molecule has 0 aliphatic carbocycles. The van der Waals surface area contributed by atoms with Crippen molar-refractivity contribution < 1.29 is 0 Å². The monoisotopic (exact) mass is 128 g/mol. The fourth-order valence-corrected chi connectivity index (χ4v) is 0.865. The minimum atomic E-state index is 0.718. The lowest BCUT2D eigenvalue weighted by atomic mass is 10.4. The Balaban J connectivity index is 2.92. The minimum Gasteiger partial charge on any atom is -0.348 e. The Bertz CT molecular complexity index is 171. The van der Waals surface area contributed by atoms with Gasteiger partial charge in [-0.1, -0.05) is 0 Å². The van der Waals surface area contributed by atoms with Crippen LogP contribution in [0.25, 0.3) is 0 Å². The zero-order chi connectivity index (χ0) is 5.98. The van der Waals surface area contributed by atoms with Crippen LogP contribution < -0.4 is 0 Å². The Morgan fingerprint density at radius 3 is 2.88 bits per heavy atom. The van der Waals surface area contributed by atoms with Crippen molar-refractivity contribution in [2.45, 2.75) is 12.7 Å². The molecular formula is C5H8N2S. The molecule has 1 aromatic rings. The first-order valence-electron chi connectivity index (χ1n) is 2.44. The van der Waals surface area contributed by atoms with Crippen molar-refractivity contribution in [2.24, 2.45) is 0 Å². The van der Waals surface area contributed by atoms with Crippen LogP contribution in [0.15, 0.2) is 6.33 Å². The van der Waals surface area contributed by atoms with Crippen LogP contribution in [0, 0.1) is 6.92 Å². The molecule has 0 radical (unpaired) electrons. The number of thiol groups is 1. The number of nitrogens with zero attached hydrogens (tertiary/aromatic N) is 1. The van der Waals surface area contributed by atoms with Gasteiger partial charge in [0, 0.05) is 11.4 Å². The molecule has 3 heteroatoms. The van der Waals surface area contributed by atoms with E-state index in [1.807, 2.05) is 6.92 Å². The molecule has 0 aliphatic rings. The van der Waals surface area contributed by atoms with Crippen LogP contribution in [-0.4, -0.2) is 9.97 Å². The van der Waals surface area contributed by atoms with Gasteiger partial charge in [-0.25, -0.2) is 4.98 Å². The van der Waals surface area contributed by atoms with Crippen molar-refractivity contribution in [3.8, 4) is 0 Å². The van der Waals surface area contributed by atoms with Crippen molar-refractivity contribution in [3.05, 3.63) is 17.7 Å². The molecular weight excluding hydrogens is 120 g/mol. The molecule has 0 spiro atoms. The third-order valence-electron chi connectivity index (χ3n) is 1.08. The summed E-state index contributed by atoms with van der Waals surface area (Å²) in [6, 6.07) is 0. The number of H-pyrrole nitrogens is 1. The Morgan fingerprint density at radius 1 is 1.88 bits per heavy atom. The van der Waals surface area contributed by atoms with Gasteiger partial charge in [0.05, 0.1) is 12.0 Å². The summed E-state index contributed by atoms with van der Waals surface area (Å²) >= 11 is 4.06. The number of aromatic nitrogens is 2. The van der Waals surface area contributed by atoms with Gasteiger partial charge >= 0.3 is 0 Å². The molecule has 0 fully saturated rings. The molecule has 2 nitrogen and oxygen atoms in total. The Kier molecular flexibility index (Phi) is 1.58. The second-order valence-corrected chi connectivity index (χ2v) is 1.95. The quantitative estimate of drug-likeness (QED) is 0.546. The van der Waals surface area contributed by atoms with Crippen molar-refractivity contribution in [3.63, 3.8) is 0 Å². The number of imidazole rings is 1. The average molecular weight is 128 g/mol. The fraction of sp³-hybridized carbons (Fsp3) is 0.400. The van der Waals surface area contributed by atoms with E-state index < -0.39 is 0 Å². The maximum Gasteiger partial charge on any atom is 0.0925 e. The molecule has 0 bridgehead atoms. The van der Waals surface area contributed by atoms with Gasteiger partial charge in [-0.2, -0.15) is 12.6 Å². The maximum atomic E-state index is 4.06. The van der Waals surface area contributed by atoms with Gasteiger partial charge in [0.25, 0.3) is 0 Å². The SMILES string of the molecule is Cc1[nH]cnc1CS. The second kappa shape index (κ2) is 2.22. The lowest BCUT2D eigenvalue weighted by Gasteiger charge is -1.85. The third-order valence-corrected chi connectivity index (χ3v) is 1.38. The largest absolute Gasteiger partial charge is 0.348 e. The number of aromatic amines is 1. The first-order chi connectivity index (χ1) is 3.84. The van der Waals surface area contributed by atoms with Crippen molar-refractivity contribution in [1.82, 2.24) is 9.97 Å². The van der Waals surface area contributed by atoms with E-state index in [4.69, 9.17) is 0 Å². The Morgan fingerprint density at radius 2 is 2.62 bits per heavy atom. The smallest absolute Gasteiger partial charge is 0.0925 e. The van der Waals surface area contributed by atoms with Gasteiger partial charge in [0.2, 0.25) is 0 Å². The number of hydrogen-bond donors (Lipinski definition) is 2. The molecule has 0 saturated heterocycles. The Hall–Kier alpha value is -0.440. The molecule has 0 atom stereocenters. The van der Waals surface area contributed by atoms with Gasteiger partial charge in [-0.05, 0) is 6.92 Å². The highest BCUT2D eigenvalue weighted by molar-refractivity contribution is 7.79. The van der Waals surface area contributed by atoms with Gasteiger partial charge in [-0.15, -0.1) is 0 Å². The average Bonchev–Trinajstić information content (AvgIpc) is 2.14. The van der Waals surface area contributed by atoms with Gasteiger partial charge in [-0.3, -0.25) is 0 Å². The molecule has 44 valence electrons. The number of nitrogens with one attached hydrogen (secondary N) is 1. The van der Waals surface area contributed by atoms with E-state index in [9.17, 15) is 0 Å². The number of aryl methyl sites for hydroxylation is 1. The lowest BCUT2D eigenvalue weighted by molar-refractivity contribution is 1.20. The summed E-state index contributed by atoms with van der Waals surface area (Å²) in [5.74, 6) is 0.718. The predicted octanol–water partition coefficient (Wildman–Crippen LogP) is 1.15. The van der Waals surface area contributed by atoms with E-state index in [2.05, 4.69) is 22.6 Å². The van der Waals surface area contributed by atoms with Gasteiger partial charge < -0.3 is 4.98 Å². The van der Waals surface area contributed by atoms with E-state index in [0.29, 0.717) is 0 Å². The van der Waals surface area contributed by atoms with Crippen LogP contribution in [-0.2, 0) is 5.75 Å². The van der Waals surface area contributed by atoms with Crippen LogP contribution in [0.5, 0.6) is 0 Å². The maximum absolute atomic E-state index is 4.06. The zero-order valence-electron chi connectivity index (χ0n) is 4.68. The number of hydrogen-bond acceptors (Lipinski definition) is 2. The summed E-state index contributed by atoms with van der Waals surface area (Å²) in [6.45, 7) is 1.98. The van der Waals surface area contributed by atoms with E-state index in [1.165, 1.54) is 0 Å². The summed E-state index contributed by atoms with van der Waals surface area (Å²) in [7, 11) is 0. The molecule has 0 saturated carbocycles. The summed E-state index contributed by atoms with van der Waals surface area (Å²) in [5.41, 5.74) is 2.15. The van der Waals surface area contributed by atoms with E-state index >= 15 is 0 Å². The summed E-state index contributed by atoms with van der Waals surface area (Å²) in [4.78, 5) is 6.96. The Labute approximate surface area is 53.7 Å². The van der Waals surface area contributed by atoms with Gasteiger partial charge in [0.1, 0.15) is 0 Å². The molecule has 1 aromatic heterocycles. The fourth-order valence-electron chi connectivity index (χ4n) is 0.547. The highest BCUT2D eigenvalue weighted by atomic mass is 32.1. The van der Waals surface area contributed by atoms with Crippen LogP contribution in [0.4, 0.5) is 0 Å². The highest BCUT2D eigenvalue weighted by Crippen LogP contribution is 2.01. The van der Waals surface area contributed by atoms with E-state index in [-0.39, 0.29) is 0 Å². The molecule has 0 amide bonds. The molecule has 8 heavy (non-hydrogen) atoms. The van der Waals surface area contributed by atoms with E-state index in [0.717, 1.165) is 17.1 Å². The van der Waals surface area contributed by atoms with E-state index in [1.54, 1.807) is 6.33 Å². The highest BCUT2D eigenvalue weighted by Gasteiger charge is 1.93. The molecule has 0 unspecified atom stereocenters. The third kappa shape index (κ3) is 0.865. The first-order valence-corrected chi connectivity index (χ1v) is 3.07. The number of rotatable bonds is 1. The summed E-state index contributed by atoms with van der Waals surface area (Å²) in [6.07, 6.45) is 1.68. The standard InChI is InChI=1S/C5H8N2S/c1-4-5(2-8)7-3-6-4/h3,8H,2H2,1H3,(H,6,7). The van der Waals surface area contributed by atoms with Crippen LogP contribution >= 0.6 is 12.6 Å². The molecule has 1 heterocycles. The lowest BCUT2D eigenvalue weighted by Crippen LogP contribution is -1.79. The first kappa shape index (κ1) is 5.69. The summed E-state index contributed by atoms with van der Waals surface area (Å²) in [5, 5.41) is 0. The van der Waals surface area contributed by atoms with Gasteiger partial charge in [0.15, 0.2) is 0 Å². The molecule has 0 aliphatic heterocycles. The normalized spacial score (nSPS) is 9.75. The van der Waals surface area contributed by atoms with Crippen molar-refractivity contribution in [1.29, 1.82) is 0 Å². The minimum absolute atomic E-state index is 0.718. The molecule has 1 rings (SSSR count). The predicted molar refractivity (Wildman–Crippen MR) is 36.0 cm³/mol. The summed E-state index contributed by atoms with van der Waals surface area (Å²) < 4.78 is 0. The second-order valence-electron chi connectivity index (χ2n) is 1.63.